The summed E-state index contributed by atoms with van der Waals surface area (Å²) >= 11 is 9.99. The molecule has 0 amide bonds. The van der Waals surface area contributed by atoms with Crippen molar-refractivity contribution in [2.45, 2.75) is 5.75 Å². The summed E-state index contributed by atoms with van der Waals surface area (Å²) in [7, 11) is 1.73. The van der Waals surface area contributed by atoms with Crippen molar-refractivity contribution in [1.82, 2.24) is 0 Å². The molecule has 0 aliphatic rings. The molecule has 1 aromatic heterocycles. The number of hydrogen-bond acceptors (Lipinski definition) is 3. The zero-order chi connectivity index (χ0) is 11.4. The molecule has 0 radical (unpaired) electrons. The van der Waals surface area contributed by atoms with Crippen LogP contribution in [0.5, 0.6) is 0 Å². The lowest BCUT2D eigenvalue weighted by Gasteiger charge is -1.98. The zero-order valence-corrected chi connectivity index (χ0v) is 11.4. The fraction of sp³-hybridized carbons (Fsp3) is 0.333. The first-order valence-corrected chi connectivity index (χ1v) is 7.40. The normalized spacial score (nSPS) is 11.1. The van der Waals surface area contributed by atoms with Crippen LogP contribution >= 0.6 is 34.7 Å². The molecule has 0 saturated carbocycles. The van der Waals surface area contributed by atoms with Crippen molar-refractivity contribution in [3.8, 4) is 0 Å². The van der Waals surface area contributed by atoms with Crippen LogP contribution in [0.1, 0.15) is 4.88 Å². The van der Waals surface area contributed by atoms with Crippen LogP contribution in [0.25, 0.3) is 10.1 Å². The predicted octanol–water partition coefficient (Wildman–Crippen LogP) is 4.43. The van der Waals surface area contributed by atoms with Crippen molar-refractivity contribution in [2.75, 3.05) is 19.5 Å². The Morgan fingerprint density at radius 3 is 2.94 bits per heavy atom. The van der Waals surface area contributed by atoms with E-state index in [0.717, 1.165) is 23.1 Å². The van der Waals surface area contributed by atoms with Gasteiger partial charge in [-0.1, -0.05) is 29.8 Å². The highest BCUT2D eigenvalue weighted by Crippen LogP contribution is 2.37. The summed E-state index contributed by atoms with van der Waals surface area (Å²) in [6, 6.07) is 8.28. The number of halogens is 1. The first-order chi connectivity index (χ1) is 7.83. The van der Waals surface area contributed by atoms with Gasteiger partial charge >= 0.3 is 0 Å². The molecule has 16 heavy (non-hydrogen) atoms. The first-order valence-electron chi connectivity index (χ1n) is 5.05. The Balaban J connectivity index is 2.09. The second-order valence-corrected chi connectivity index (χ2v) is 6.00. The SMILES string of the molecule is COCCSCc1sc2ccccc2c1Cl. The second-order valence-electron chi connectivity index (χ2n) is 3.38. The van der Waals surface area contributed by atoms with E-state index in [-0.39, 0.29) is 0 Å². The quantitative estimate of drug-likeness (QED) is 0.745. The van der Waals surface area contributed by atoms with Gasteiger partial charge in [0.2, 0.25) is 0 Å². The summed E-state index contributed by atoms with van der Waals surface area (Å²) in [5.41, 5.74) is 0. The molecule has 2 aromatic rings. The van der Waals surface area contributed by atoms with Crippen LogP contribution in [0.4, 0.5) is 0 Å². The molecule has 0 aliphatic heterocycles. The standard InChI is InChI=1S/C12H13ClOS2/c1-14-6-7-15-8-11-12(13)9-4-2-3-5-10(9)16-11/h2-5H,6-8H2,1H3. The van der Waals surface area contributed by atoms with E-state index in [1.807, 2.05) is 17.8 Å². The van der Waals surface area contributed by atoms with Gasteiger partial charge in [0.15, 0.2) is 0 Å². The summed E-state index contributed by atoms with van der Waals surface area (Å²) in [5, 5.41) is 2.10. The molecule has 0 N–H and O–H groups in total. The minimum atomic E-state index is 0.799. The minimum Gasteiger partial charge on any atom is -0.384 e. The smallest absolute Gasteiger partial charge is 0.0632 e. The second kappa shape index (κ2) is 5.92. The van der Waals surface area contributed by atoms with Crippen molar-refractivity contribution < 1.29 is 4.74 Å². The summed E-state index contributed by atoms with van der Waals surface area (Å²) in [6.07, 6.45) is 0. The molecule has 1 nitrogen and oxygen atoms in total. The van der Waals surface area contributed by atoms with Gasteiger partial charge in [-0.05, 0) is 6.07 Å². The van der Waals surface area contributed by atoms with Crippen molar-refractivity contribution >= 4 is 44.8 Å². The molecule has 0 aliphatic carbocycles. The van der Waals surface area contributed by atoms with E-state index in [4.69, 9.17) is 16.3 Å². The van der Waals surface area contributed by atoms with Crippen LogP contribution in [0, 0.1) is 0 Å². The maximum Gasteiger partial charge on any atom is 0.0632 e. The maximum atomic E-state index is 6.34. The van der Waals surface area contributed by atoms with Gasteiger partial charge < -0.3 is 4.74 Å². The fourth-order valence-corrected chi connectivity index (χ4v) is 4.08. The Morgan fingerprint density at radius 2 is 2.19 bits per heavy atom. The Kier molecular flexibility index (Phi) is 4.53. The van der Waals surface area contributed by atoms with Gasteiger partial charge in [-0.3, -0.25) is 0 Å². The van der Waals surface area contributed by atoms with E-state index in [2.05, 4.69) is 18.2 Å². The molecular weight excluding hydrogens is 260 g/mol. The molecule has 86 valence electrons. The lowest BCUT2D eigenvalue weighted by atomic mass is 10.2. The molecule has 1 heterocycles. The number of ether oxygens (including phenoxy) is 1. The summed E-state index contributed by atoms with van der Waals surface area (Å²) < 4.78 is 6.29. The van der Waals surface area contributed by atoms with Gasteiger partial charge in [-0.15, -0.1) is 11.3 Å². The average molecular weight is 273 g/mol. The predicted molar refractivity (Wildman–Crippen MR) is 74.9 cm³/mol. The summed E-state index contributed by atoms with van der Waals surface area (Å²) in [6.45, 7) is 0.799. The summed E-state index contributed by atoms with van der Waals surface area (Å²) in [4.78, 5) is 1.27. The van der Waals surface area contributed by atoms with Gasteiger partial charge in [0.05, 0.1) is 11.6 Å². The Hall–Kier alpha value is -0.220. The van der Waals surface area contributed by atoms with E-state index in [1.165, 1.54) is 15.0 Å². The fourth-order valence-electron chi connectivity index (χ4n) is 1.46. The van der Waals surface area contributed by atoms with Crippen LogP contribution in [0.3, 0.4) is 0 Å². The third kappa shape index (κ3) is 2.72. The van der Waals surface area contributed by atoms with E-state index >= 15 is 0 Å². The van der Waals surface area contributed by atoms with E-state index < -0.39 is 0 Å². The lowest BCUT2D eigenvalue weighted by molar-refractivity contribution is 0.218. The molecule has 1 aromatic carbocycles. The van der Waals surface area contributed by atoms with Crippen molar-refractivity contribution in [1.29, 1.82) is 0 Å². The molecule has 4 heteroatoms. The highest BCUT2D eigenvalue weighted by atomic mass is 35.5. The number of methoxy groups -OCH3 is 1. The monoisotopic (exact) mass is 272 g/mol. The topological polar surface area (TPSA) is 9.23 Å². The van der Waals surface area contributed by atoms with E-state index in [9.17, 15) is 0 Å². The van der Waals surface area contributed by atoms with Gasteiger partial charge in [-0.2, -0.15) is 11.8 Å². The van der Waals surface area contributed by atoms with Crippen molar-refractivity contribution in [2.24, 2.45) is 0 Å². The number of thioether (sulfide) groups is 1. The van der Waals surface area contributed by atoms with Crippen LogP contribution in [-0.2, 0) is 10.5 Å². The molecule has 0 atom stereocenters. The molecule has 2 rings (SSSR count). The average Bonchev–Trinajstić information content (AvgIpc) is 2.63. The number of thiophene rings is 1. The molecule has 0 saturated heterocycles. The van der Waals surface area contributed by atoms with Gasteiger partial charge in [-0.25, -0.2) is 0 Å². The molecular formula is C12H13ClOS2. The highest BCUT2D eigenvalue weighted by molar-refractivity contribution is 7.98. The van der Waals surface area contributed by atoms with Crippen LogP contribution in [0.15, 0.2) is 24.3 Å². The van der Waals surface area contributed by atoms with E-state index in [1.54, 1.807) is 18.4 Å². The Morgan fingerprint density at radius 1 is 1.38 bits per heavy atom. The van der Waals surface area contributed by atoms with Gasteiger partial charge in [0, 0.05) is 33.6 Å². The third-order valence-corrected chi connectivity index (χ3v) is 5.11. The molecule has 0 spiro atoms. The van der Waals surface area contributed by atoms with Crippen LogP contribution in [-0.4, -0.2) is 19.5 Å². The Labute approximate surface area is 109 Å². The third-order valence-electron chi connectivity index (χ3n) is 2.27. The maximum absolute atomic E-state index is 6.34. The number of rotatable bonds is 5. The Bertz CT molecular complexity index is 467. The molecule has 0 unspecified atom stereocenters. The van der Waals surface area contributed by atoms with Crippen LogP contribution in [0.2, 0.25) is 5.02 Å². The molecule has 0 bridgehead atoms. The van der Waals surface area contributed by atoms with Crippen LogP contribution < -0.4 is 0 Å². The lowest BCUT2D eigenvalue weighted by Crippen LogP contribution is -1.91. The van der Waals surface area contributed by atoms with E-state index in [0.29, 0.717) is 0 Å². The number of benzene rings is 1. The first kappa shape index (κ1) is 12.2. The summed E-state index contributed by atoms with van der Waals surface area (Å²) in [5.74, 6) is 1.99. The zero-order valence-electron chi connectivity index (χ0n) is 9.03. The van der Waals surface area contributed by atoms with Crippen molar-refractivity contribution in [3.63, 3.8) is 0 Å². The van der Waals surface area contributed by atoms with Gasteiger partial charge in [0.1, 0.15) is 0 Å². The molecule has 0 fully saturated rings. The van der Waals surface area contributed by atoms with Gasteiger partial charge in [0.25, 0.3) is 0 Å². The highest BCUT2D eigenvalue weighted by Gasteiger charge is 2.09. The largest absolute Gasteiger partial charge is 0.384 e. The van der Waals surface area contributed by atoms with Crippen molar-refractivity contribution in [3.05, 3.63) is 34.2 Å². The number of fused-ring (bicyclic) bond motifs is 1. The minimum absolute atomic E-state index is 0.799. The number of hydrogen-bond donors (Lipinski definition) is 0.